The first kappa shape index (κ1) is 13.5. The maximum atomic E-state index is 13.3. The second-order valence-electron chi connectivity index (χ2n) is 4.48. The van der Waals surface area contributed by atoms with Gasteiger partial charge in [-0.3, -0.25) is 9.48 Å². The Hall–Kier alpha value is -1.97. The number of carbonyl (C=O) groups excluding carboxylic acids is 1. The number of aromatic nitrogens is 2. The van der Waals surface area contributed by atoms with E-state index in [0.717, 1.165) is 17.7 Å². The van der Waals surface area contributed by atoms with Crippen molar-refractivity contribution in [2.45, 2.75) is 33.7 Å². The van der Waals surface area contributed by atoms with Crippen LogP contribution in [-0.2, 0) is 13.0 Å². The fourth-order valence-corrected chi connectivity index (χ4v) is 2.04. The Bertz CT molecular complexity index is 617. The van der Waals surface area contributed by atoms with Crippen LogP contribution in [0.2, 0.25) is 0 Å². The molecule has 1 aromatic carbocycles. The molecule has 4 heteroatoms. The Morgan fingerprint density at radius 3 is 2.68 bits per heavy atom. The third kappa shape index (κ3) is 2.57. The van der Waals surface area contributed by atoms with Gasteiger partial charge in [0.1, 0.15) is 11.5 Å². The molecule has 0 aliphatic carbocycles. The number of hydrogen-bond donors (Lipinski definition) is 0. The molecule has 2 rings (SSSR count). The van der Waals surface area contributed by atoms with Crippen LogP contribution in [0.25, 0.3) is 0 Å². The predicted molar refractivity (Wildman–Crippen MR) is 71.8 cm³/mol. The zero-order valence-electron chi connectivity index (χ0n) is 11.4. The lowest BCUT2D eigenvalue weighted by Gasteiger charge is -2.06. The molecule has 0 bridgehead atoms. The highest BCUT2D eigenvalue weighted by molar-refractivity contribution is 6.08. The van der Waals surface area contributed by atoms with Crippen LogP contribution in [0.5, 0.6) is 0 Å². The van der Waals surface area contributed by atoms with Gasteiger partial charge in [0.2, 0.25) is 5.78 Å². The first-order chi connectivity index (χ1) is 9.06. The number of rotatable bonds is 4. The Labute approximate surface area is 112 Å². The van der Waals surface area contributed by atoms with E-state index in [1.54, 1.807) is 23.7 Å². The Kier molecular flexibility index (Phi) is 3.79. The van der Waals surface area contributed by atoms with Gasteiger partial charge in [-0.2, -0.15) is 5.10 Å². The highest BCUT2D eigenvalue weighted by Gasteiger charge is 2.18. The molecule has 100 valence electrons. The molecule has 0 spiro atoms. The number of aryl methyl sites for hydroxylation is 3. The molecule has 3 nitrogen and oxygen atoms in total. The Morgan fingerprint density at radius 1 is 1.32 bits per heavy atom. The van der Waals surface area contributed by atoms with Gasteiger partial charge in [0.15, 0.2) is 0 Å². The molecule has 0 saturated carbocycles. The van der Waals surface area contributed by atoms with Crippen LogP contribution in [-0.4, -0.2) is 15.6 Å². The van der Waals surface area contributed by atoms with Crippen molar-refractivity contribution in [1.82, 2.24) is 9.78 Å². The summed E-state index contributed by atoms with van der Waals surface area (Å²) in [6.45, 7) is 6.35. The second kappa shape index (κ2) is 5.34. The molecule has 0 fully saturated rings. The van der Waals surface area contributed by atoms with Gasteiger partial charge in [-0.15, -0.1) is 0 Å². The molecule has 0 atom stereocenters. The van der Waals surface area contributed by atoms with Crippen LogP contribution < -0.4 is 0 Å². The molecule has 1 aromatic heterocycles. The topological polar surface area (TPSA) is 34.9 Å². The summed E-state index contributed by atoms with van der Waals surface area (Å²) in [5.41, 5.74) is 2.57. The summed E-state index contributed by atoms with van der Waals surface area (Å²) in [5.74, 6) is -0.571. The van der Waals surface area contributed by atoms with E-state index in [4.69, 9.17) is 0 Å². The van der Waals surface area contributed by atoms with Crippen molar-refractivity contribution in [3.8, 4) is 0 Å². The van der Waals surface area contributed by atoms with E-state index < -0.39 is 5.82 Å². The van der Waals surface area contributed by atoms with Crippen molar-refractivity contribution in [3.05, 3.63) is 52.6 Å². The summed E-state index contributed by atoms with van der Waals surface area (Å²) in [6.07, 6.45) is 0.773. The fraction of sp³-hybridized carbons (Fsp3) is 0.333. The van der Waals surface area contributed by atoms with Crippen LogP contribution >= 0.6 is 0 Å². The summed E-state index contributed by atoms with van der Waals surface area (Å²) in [7, 11) is 0. The van der Waals surface area contributed by atoms with Gasteiger partial charge in [-0.1, -0.05) is 13.0 Å². The van der Waals surface area contributed by atoms with E-state index in [-0.39, 0.29) is 5.78 Å². The van der Waals surface area contributed by atoms with E-state index >= 15 is 0 Å². The number of ketones is 1. The quantitative estimate of drug-likeness (QED) is 0.791. The Morgan fingerprint density at radius 2 is 2.05 bits per heavy atom. The average Bonchev–Trinajstić information content (AvgIpc) is 2.84. The molecule has 0 aliphatic heterocycles. The van der Waals surface area contributed by atoms with Crippen molar-refractivity contribution in [2.75, 3.05) is 0 Å². The largest absolute Gasteiger partial charge is 0.287 e. The first-order valence-corrected chi connectivity index (χ1v) is 6.44. The lowest BCUT2D eigenvalue weighted by atomic mass is 10.0. The lowest BCUT2D eigenvalue weighted by Crippen LogP contribution is -2.12. The van der Waals surface area contributed by atoms with Crippen molar-refractivity contribution < 1.29 is 9.18 Å². The maximum absolute atomic E-state index is 13.3. The van der Waals surface area contributed by atoms with Gasteiger partial charge in [0, 0.05) is 12.1 Å². The van der Waals surface area contributed by atoms with Crippen molar-refractivity contribution in [2.24, 2.45) is 0 Å². The van der Waals surface area contributed by atoms with E-state index in [1.165, 1.54) is 12.1 Å². The summed E-state index contributed by atoms with van der Waals surface area (Å²) in [4.78, 5) is 12.5. The van der Waals surface area contributed by atoms with Crippen LogP contribution in [0.1, 0.15) is 41.2 Å². The second-order valence-corrected chi connectivity index (χ2v) is 4.48. The van der Waals surface area contributed by atoms with Gasteiger partial charge >= 0.3 is 0 Å². The van der Waals surface area contributed by atoms with Crippen molar-refractivity contribution in [1.29, 1.82) is 0 Å². The van der Waals surface area contributed by atoms with Gasteiger partial charge < -0.3 is 0 Å². The molecule has 0 amide bonds. The van der Waals surface area contributed by atoms with Crippen molar-refractivity contribution in [3.63, 3.8) is 0 Å². The summed E-state index contributed by atoms with van der Waals surface area (Å²) >= 11 is 0. The summed E-state index contributed by atoms with van der Waals surface area (Å²) in [5, 5.41) is 4.35. The van der Waals surface area contributed by atoms with Crippen LogP contribution in [0, 0.1) is 12.7 Å². The van der Waals surface area contributed by atoms with Gasteiger partial charge in [0.25, 0.3) is 0 Å². The smallest absolute Gasteiger partial charge is 0.211 e. The minimum atomic E-state index is -0.396. The molecule has 19 heavy (non-hydrogen) atoms. The van der Waals surface area contributed by atoms with E-state index in [0.29, 0.717) is 17.8 Å². The third-order valence-corrected chi connectivity index (χ3v) is 3.17. The summed E-state index contributed by atoms with van der Waals surface area (Å²) in [6, 6.07) is 6.06. The average molecular weight is 260 g/mol. The minimum absolute atomic E-state index is 0.175. The number of halogens is 1. The Balaban J connectivity index is 2.49. The van der Waals surface area contributed by atoms with E-state index in [1.807, 2.05) is 13.8 Å². The SMILES string of the molecule is CCc1cc(C(=O)c2cc(F)ccc2C)n(CC)n1. The minimum Gasteiger partial charge on any atom is -0.287 e. The van der Waals surface area contributed by atoms with E-state index in [9.17, 15) is 9.18 Å². The van der Waals surface area contributed by atoms with Gasteiger partial charge in [0.05, 0.1) is 5.69 Å². The molecule has 0 radical (unpaired) electrons. The van der Waals surface area contributed by atoms with Crippen LogP contribution in [0.3, 0.4) is 0 Å². The molecule has 0 N–H and O–H groups in total. The van der Waals surface area contributed by atoms with Gasteiger partial charge in [-0.25, -0.2) is 4.39 Å². The lowest BCUT2D eigenvalue weighted by molar-refractivity contribution is 0.102. The summed E-state index contributed by atoms with van der Waals surface area (Å²) < 4.78 is 15.0. The monoisotopic (exact) mass is 260 g/mol. The molecule has 0 aliphatic rings. The third-order valence-electron chi connectivity index (χ3n) is 3.17. The molecule has 2 aromatic rings. The van der Waals surface area contributed by atoms with Crippen molar-refractivity contribution >= 4 is 5.78 Å². The molecule has 1 heterocycles. The normalized spacial score (nSPS) is 10.7. The molecular weight excluding hydrogens is 243 g/mol. The van der Waals surface area contributed by atoms with Crippen LogP contribution in [0.4, 0.5) is 4.39 Å². The van der Waals surface area contributed by atoms with E-state index in [2.05, 4.69) is 5.10 Å². The fourth-order valence-electron chi connectivity index (χ4n) is 2.04. The highest BCUT2D eigenvalue weighted by Crippen LogP contribution is 2.17. The zero-order valence-corrected chi connectivity index (χ0v) is 11.4. The molecule has 0 saturated heterocycles. The van der Waals surface area contributed by atoms with Crippen LogP contribution in [0.15, 0.2) is 24.3 Å². The number of hydrogen-bond acceptors (Lipinski definition) is 2. The molecule has 0 unspecified atom stereocenters. The van der Waals surface area contributed by atoms with Gasteiger partial charge in [-0.05, 0) is 44.0 Å². The standard InChI is InChI=1S/C15H17FN2O/c1-4-12-9-14(18(5-2)17-12)15(19)13-8-11(16)7-6-10(13)3/h6-9H,4-5H2,1-3H3. The number of carbonyl (C=O) groups is 1. The number of benzene rings is 1. The molecular formula is C15H17FN2O. The predicted octanol–water partition coefficient (Wildman–Crippen LogP) is 3.14. The maximum Gasteiger partial charge on any atom is 0.211 e. The highest BCUT2D eigenvalue weighted by atomic mass is 19.1. The number of nitrogens with zero attached hydrogens (tertiary/aromatic N) is 2. The zero-order chi connectivity index (χ0) is 14.0. The first-order valence-electron chi connectivity index (χ1n) is 6.44.